The Labute approximate surface area is 164 Å². The normalized spacial score (nSPS) is 11.6. The van der Waals surface area contributed by atoms with E-state index in [0.29, 0.717) is 22.8 Å². The minimum Gasteiger partial charge on any atom is -0.497 e. The van der Waals surface area contributed by atoms with Crippen molar-refractivity contribution in [1.82, 2.24) is 5.43 Å². The molecule has 0 fully saturated rings. The number of amides is 1. The van der Waals surface area contributed by atoms with Crippen LogP contribution in [0, 0.1) is 0 Å². The van der Waals surface area contributed by atoms with E-state index < -0.39 is 6.04 Å². The smallest absolute Gasteiger partial charge is 0.262 e. The van der Waals surface area contributed by atoms with Gasteiger partial charge in [0.05, 0.1) is 34.7 Å². The molecule has 0 heterocycles. The van der Waals surface area contributed by atoms with E-state index in [4.69, 9.17) is 18.9 Å². The second kappa shape index (κ2) is 10.1. The Morgan fingerprint density at radius 1 is 0.964 bits per heavy atom. The zero-order valence-corrected chi connectivity index (χ0v) is 16.6. The van der Waals surface area contributed by atoms with Crippen molar-refractivity contribution in [3.8, 4) is 23.0 Å². The summed E-state index contributed by atoms with van der Waals surface area (Å²) < 4.78 is 21.0. The maximum absolute atomic E-state index is 12.2. The molecule has 8 nitrogen and oxygen atoms in total. The Morgan fingerprint density at radius 3 is 2.07 bits per heavy atom. The summed E-state index contributed by atoms with van der Waals surface area (Å²) in [6, 6.07) is 10.3. The first-order chi connectivity index (χ1) is 13.5. The number of hydrogen-bond donors (Lipinski definition) is 2. The third-order valence-corrected chi connectivity index (χ3v) is 3.94. The number of hydrazone groups is 1. The van der Waals surface area contributed by atoms with Crippen molar-refractivity contribution in [2.24, 2.45) is 5.10 Å². The molecule has 0 aliphatic heterocycles. The van der Waals surface area contributed by atoms with Crippen molar-refractivity contribution in [2.75, 3.05) is 33.8 Å². The molecule has 0 saturated heterocycles. The summed E-state index contributed by atoms with van der Waals surface area (Å²) in [7, 11) is 6.20. The average Bonchev–Trinajstić information content (AvgIpc) is 2.73. The lowest BCUT2D eigenvalue weighted by Gasteiger charge is -2.14. The van der Waals surface area contributed by atoms with Gasteiger partial charge in [0.1, 0.15) is 11.8 Å². The van der Waals surface area contributed by atoms with E-state index in [1.165, 1.54) is 27.5 Å². The molecule has 1 amide bonds. The molecule has 0 bridgehead atoms. The van der Waals surface area contributed by atoms with Crippen LogP contribution in [-0.2, 0) is 4.79 Å². The average molecular weight is 387 g/mol. The minimum atomic E-state index is -0.481. The van der Waals surface area contributed by atoms with Crippen LogP contribution in [-0.4, -0.2) is 46.6 Å². The van der Waals surface area contributed by atoms with E-state index in [-0.39, 0.29) is 5.91 Å². The third-order valence-electron chi connectivity index (χ3n) is 3.94. The molecule has 0 spiro atoms. The monoisotopic (exact) mass is 387 g/mol. The standard InChI is InChI=1S/C20H25N3O5/c1-13(22-15-6-8-16(25-2)9-7-15)20(24)23-21-12-14-10-17(26-3)19(28-5)18(11-14)27-4/h6-13,22H,1-5H3,(H,23,24)/b21-12-/t13-/m1/s1. The predicted molar refractivity (Wildman–Crippen MR) is 108 cm³/mol. The van der Waals surface area contributed by atoms with Crippen molar-refractivity contribution >= 4 is 17.8 Å². The number of methoxy groups -OCH3 is 4. The highest BCUT2D eigenvalue weighted by molar-refractivity contribution is 5.87. The van der Waals surface area contributed by atoms with Gasteiger partial charge in [-0.3, -0.25) is 4.79 Å². The fourth-order valence-electron chi connectivity index (χ4n) is 2.45. The Bertz CT molecular complexity index is 796. The molecule has 8 heteroatoms. The quantitative estimate of drug-likeness (QED) is 0.508. The van der Waals surface area contributed by atoms with E-state index in [1.54, 1.807) is 26.2 Å². The van der Waals surface area contributed by atoms with Gasteiger partial charge in [-0.2, -0.15) is 5.10 Å². The summed E-state index contributed by atoms with van der Waals surface area (Å²) in [5, 5.41) is 7.10. The predicted octanol–water partition coefficient (Wildman–Crippen LogP) is 2.67. The lowest BCUT2D eigenvalue weighted by molar-refractivity contribution is -0.121. The molecular formula is C20H25N3O5. The van der Waals surface area contributed by atoms with Crippen LogP contribution in [0.4, 0.5) is 5.69 Å². The molecule has 2 rings (SSSR count). The van der Waals surface area contributed by atoms with Gasteiger partial charge in [0.25, 0.3) is 5.91 Å². The first kappa shape index (κ1) is 20.9. The van der Waals surface area contributed by atoms with Crippen molar-refractivity contribution in [2.45, 2.75) is 13.0 Å². The lowest BCUT2D eigenvalue weighted by Crippen LogP contribution is -2.34. The van der Waals surface area contributed by atoms with Crippen LogP contribution in [0.1, 0.15) is 12.5 Å². The number of benzene rings is 2. The van der Waals surface area contributed by atoms with Gasteiger partial charge in [-0.05, 0) is 43.3 Å². The van der Waals surface area contributed by atoms with E-state index in [9.17, 15) is 4.79 Å². The number of nitrogens with one attached hydrogen (secondary N) is 2. The highest BCUT2D eigenvalue weighted by atomic mass is 16.5. The molecule has 0 aromatic heterocycles. The zero-order chi connectivity index (χ0) is 20.5. The fourth-order valence-corrected chi connectivity index (χ4v) is 2.45. The molecule has 0 unspecified atom stereocenters. The number of carbonyl (C=O) groups excluding carboxylic acids is 1. The summed E-state index contributed by atoms with van der Waals surface area (Å²) >= 11 is 0. The Morgan fingerprint density at radius 2 is 1.57 bits per heavy atom. The molecular weight excluding hydrogens is 362 g/mol. The van der Waals surface area contributed by atoms with Crippen LogP contribution in [0.5, 0.6) is 23.0 Å². The first-order valence-corrected chi connectivity index (χ1v) is 8.55. The van der Waals surface area contributed by atoms with Gasteiger partial charge in [-0.1, -0.05) is 0 Å². The minimum absolute atomic E-state index is 0.278. The number of anilines is 1. The molecule has 150 valence electrons. The molecule has 2 aromatic carbocycles. The maximum atomic E-state index is 12.2. The van der Waals surface area contributed by atoms with E-state index in [1.807, 2.05) is 24.3 Å². The zero-order valence-electron chi connectivity index (χ0n) is 16.6. The van der Waals surface area contributed by atoms with Gasteiger partial charge in [-0.25, -0.2) is 5.43 Å². The van der Waals surface area contributed by atoms with Gasteiger partial charge in [0.15, 0.2) is 11.5 Å². The van der Waals surface area contributed by atoms with Crippen LogP contribution in [0.25, 0.3) is 0 Å². The molecule has 28 heavy (non-hydrogen) atoms. The number of ether oxygens (including phenoxy) is 4. The van der Waals surface area contributed by atoms with Gasteiger partial charge >= 0.3 is 0 Å². The van der Waals surface area contributed by atoms with E-state index in [0.717, 1.165) is 11.4 Å². The topological polar surface area (TPSA) is 90.4 Å². The Balaban J connectivity index is 2.00. The van der Waals surface area contributed by atoms with Crippen LogP contribution < -0.4 is 29.7 Å². The number of carbonyl (C=O) groups is 1. The Kier molecular flexibility index (Phi) is 7.50. The van der Waals surface area contributed by atoms with Crippen LogP contribution in [0.2, 0.25) is 0 Å². The van der Waals surface area contributed by atoms with Gasteiger partial charge in [0.2, 0.25) is 5.75 Å². The Hall–Kier alpha value is -3.42. The maximum Gasteiger partial charge on any atom is 0.262 e. The third kappa shape index (κ3) is 5.29. The van der Waals surface area contributed by atoms with Gasteiger partial charge in [0, 0.05) is 11.3 Å². The van der Waals surface area contributed by atoms with Gasteiger partial charge < -0.3 is 24.3 Å². The SMILES string of the molecule is COc1ccc(N[C@H](C)C(=O)N/N=C\c2cc(OC)c(OC)c(OC)c2)cc1. The van der Waals surface area contributed by atoms with Crippen molar-refractivity contribution in [3.05, 3.63) is 42.0 Å². The largest absolute Gasteiger partial charge is 0.497 e. The van der Waals surface area contributed by atoms with Crippen LogP contribution in [0.3, 0.4) is 0 Å². The molecule has 0 aliphatic carbocycles. The molecule has 2 aromatic rings. The molecule has 1 atom stereocenters. The summed E-state index contributed by atoms with van der Waals surface area (Å²) in [5.74, 6) is 1.97. The summed E-state index contributed by atoms with van der Waals surface area (Å²) in [6.07, 6.45) is 1.50. The van der Waals surface area contributed by atoms with Crippen molar-refractivity contribution in [1.29, 1.82) is 0 Å². The second-order valence-corrected chi connectivity index (χ2v) is 5.79. The molecule has 0 radical (unpaired) electrons. The molecule has 2 N–H and O–H groups in total. The fraction of sp³-hybridized carbons (Fsp3) is 0.300. The lowest BCUT2D eigenvalue weighted by atomic mass is 10.2. The first-order valence-electron chi connectivity index (χ1n) is 8.55. The van der Waals surface area contributed by atoms with Crippen molar-refractivity contribution < 1.29 is 23.7 Å². The molecule has 0 saturated carbocycles. The number of hydrogen-bond acceptors (Lipinski definition) is 7. The number of nitrogens with zero attached hydrogens (tertiary/aromatic N) is 1. The van der Waals surface area contributed by atoms with Gasteiger partial charge in [-0.15, -0.1) is 0 Å². The highest BCUT2D eigenvalue weighted by Gasteiger charge is 2.13. The second-order valence-electron chi connectivity index (χ2n) is 5.79. The van der Waals surface area contributed by atoms with Crippen molar-refractivity contribution in [3.63, 3.8) is 0 Å². The summed E-state index contributed by atoms with van der Waals surface area (Å²) in [4.78, 5) is 12.2. The number of rotatable bonds is 9. The van der Waals surface area contributed by atoms with E-state index >= 15 is 0 Å². The summed E-state index contributed by atoms with van der Waals surface area (Å²) in [5.41, 5.74) is 4.00. The van der Waals surface area contributed by atoms with E-state index in [2.05, 4.69) is 15.8 Å². The summed E-state index contributed by atoms with van der Waals surface area (Å²) in [6.45, 7) is 1.74. The van der Waals surface area contributed by atoms with Crippen LogP contribution >= 0.6 is 0 Å². The highest BCUT2D eigenvalue weighted by Crippen LogP contribution is 2.37. The van der Waals surface area contributed by atoms with Crippen LogP contribution in [0.15, 0.2) is 41.5 Å². The molecule has 0 aliphatic rings.